The first-order valence-corrected chi connectivity index (χ1v) is 10.4. The smallest absolute Gasteiger partial charge is 0.111 e. The molecule has 0 fully saturated rings. The van der Waals surface area contributed by atoms with Gasteiger partial charge in [0.1, 0.15) is 18.3 Å². The van der Waals surface area contributed by atoms with E-state index in [4.69, 9.17) is 10.2 Å². The molecule has 1 aromatic carbocycles. The first-order chi connectivity index (χ1) is 13.3. The number of aliphatic hydroxyl groups is 5. The molecule has 1 rings (SSSR count). The predicted octanol–water partition coefficient (Wildman–Crippen LogP) is 1.68. The van der Waals surface area contributed by atoms with Crippen LogP contribution in [-0.2, 0) is 0 Å². The van der Waals surface area contributed by atoms with Gasteiger partial charge in [-0.05, 0) is 26.8 Å². The van der Waals surface area contributed by atoms with E-state index in [0.717, 1.165) is 19.4 Å². The van der Waals surface area contributed by atoms with Crippen molar-refractivity contribution in [2.75, 3.05) is 19.7 Å². The second kappa shape index (κ2) is 16.9. The Kier molecular flexibility index (Phi) is 16.3. The van der Waals surface area contributed by atoms with Crippen molar-refractivity contribution in [2.24, 2.45) is 0 Å². The molecule has 0 bridgehead atoms. The molecule has 0 saturated carbocycles. The van der Waals surface area contributed by atoms with Gasteiger partial charge >= 0.3 is 0 Å². The molecule has 1 aromatic rings. The third-order valence-corrected chi connectivity index (χ3v) is 4.60. The van der Waals surface area contributed by atoms with Crippen molar-refractivity contribution < 1.29 is 25.5 Å². The maximum atomic E-state index is 9.64. The molecule has 0 aliphatic heterocycles. The van der Waals surface area contributed by atoms with Gasteiger partial charge in [-0.2, -0.15) is 0 Å². The highest BCUT2D eigenvalue weighted by Gasteiger charge is 2.29. The summed E-state index contributed by atoms with van der Waals surface area (Å²) in [5.41, 5.74) is 2.66. The van der Waals surface area contributed by atoms with E-state index in [1.807, 2.05) is 0 Å². The summed E-state index contributed by atoms with van der Waals surface area (Å²) in [5, 5.41) is 49.5. The van der Waals surface area contributed by atoms with Gasteiger partial charge in [-0.25, -0.2) is 0 Å². The van der Waals surface area contributed by atoms with Crippen molar-refractivity contribution in [2.45, 2.75) is 83.7 Å². The molecular weight excluding hydrogens is 358 g/mol. The lowest BCUT2D eigenvalue weighted by atomic mass is 10.0. The molecule has 0 aliphatic rings. The first kappa shape index (κ1) is 27.0. The highest BCUT2D eigenvalue weighted by Crippen LogP contribution is 2.06. The van der Waals surface area contributed by atoms with Crippen LogP contribution in [0.2, 0.25) is 0 Å². The van der Waals surface area contributed by atoms with E-state index in [1.54, 1.807) is 0 Å². The topological polar surface area (TPSA) is 113 Å². The minimum Gasteiger partial charge on any atom is -0.394 e. The average Bonchev–Trinajstić information content (AvgIpc) is 2.70. The van der Waals surface area contributed by atoms with Gasteiger partial charge in [0.15, 0.2) is 0 Å². The van der Waals surface area contributed by atoms with Crippen molar-refractivity contribution in [3.63, 3.8) is 0 Å². The molecule has 0 radical (unpaired) electrons. The van der Waals surface area contributed by atoms with E-state index in [1.165, 1.54) is 36.8 Å². The lowest BCUT2D eigenvalue weighted by Gasteiger charge is -2.25. The summed E-state index contributed by atoms with van der Waals surface area (Å²) in [6, 6.07) is 8.48. The molecule has 0 heterocycles. The number of aliphatic hydroxyl groups excluding tert-OH is 5. The van der Waals surface area contributed by atoms with Gasteiger partial charge in [-0.15, -0.1) is 0 Å². The summed E-state index contributed by atoms with van der Waals surface area (Å²) in [4.78, 5) is 0. The van der Waals surface area contributed by atoms with Crippen LogP contribution in [0.5, 0.6) is 0 Å². The van der Waals surface area contributed by atoms with Gasteiger partial charge in [-0.3, -0.25) is 0 Å². The molecule has 0 aromatic heterocycles. The van der Waals surface area contributed by atoms with Gasteiger partial charge in [0.05, 0.1) is 12.7 Å². The zero-order valence-electron chi connectivity index (χ0n) is 17.7. The van der Waals surface area contributed by atoms with Crippen LogP contribution in [0.1, 0.15) is 56.6 Å². The van der Waals surface area contributed by atoms with Gasteiger partial charge < -0.3 is 30.8 Å². The molecule has 0 spiro atoms. The summed E-state index contributed by atoms with van der Waals surface area (Å²) in [7, 11) is 0. The van der Waals surface area contributed by atoms with E-state index in [9.17, 15) is 15.3 Å². The van der Waals surface area contributed by atoms with Crippen molar-refractivity contribution in [3.05, 3.63) is 35.4 Å². The van der Waals surface area contributed by atoms with Crippen molar-refractivity contribution in [3.8, 4) is 0 Å². The maximum Gasteiger partial charge on any atom is 0.111 e. The molecule has 6 nitrogen and oxygen atoms in total. The van der Waals surface area contributed by atoms with Gasteiger partial charge in [0.25, 0.3) is 0 Å². The summed E-state index contributed by atoms with van der Waals surface area (Å²) in [5.74, 6) is 0. The van der Waals surface area contributed by atoms with E-state index in [2.05, 4.69) is 50.4 Å². The zero-order valence-corrected chi connectivity index (χ0v) is 17.7. The fourth-order valence-corrected chi connectivity index (χ4v) is 2.60. The number of rotatable bonds is 13. The third-order valence-electron chi connectivity index (χ3n) is 4.60. The van der Waals surface area contributed by atoms with E-state index in [0.29, 0.717) is 0 Å². The van der Waals surface area contributed by atoms with E-state index >= 15 is 0 Å². The molecule has 6 heteroatoms. The van der Waals surface area contributed by atoms with Gasteiger partial charge in [0, 0.05) is 6.54 Å². The average molecular weight is 400 g/mol. The second-order valence-corrected chi connectivity index (χ2v) is 7.43. The van der Waals surface area contributed by atoms with Crippen LogP contribution in [0.4, 0.5) is 0 Å². The number of unbranched alkanes of at least 4 members (excludes halogenated alkanes) is 5. The van der Waals surface area contributed by atoms with Crippen LogP contribution in [-0.4, -0.2) is 69.6 Å². The Morgan fingerprint density at radius 2 is 1.21 bits per heavy atom. The fraction of sp³-hybridized carbons (Fsp3) is 0.727. The van der Waals surface area contributed by atoms with Gasteiger partial charge in [-0.1, -0.05) is 74.4 Å². The number of benzene rings is 1. The monoisotopic (exact) mass is 399 g/mol. The molecule has 6 N–H and O–H groups in total. The van der Waals surface area contributed by atoms with Crippen molar-refractivity contribution >= 4 is 0 Å². The molecular formula is C22H41NO5. The summed E-state index contributed by atoms with van der Waals surface area (Å²) >= 11 is 0. The predicted molar refractivity (Wildman–Crippen MR) is 113 cm³/mol. The van der Waals surface area contributed by atoms with Crippen LogP contribution >= 0.6 is 0 Å². The highest BCUT2D eigenvalue weighted by atomic mass is 16.4. The zero-order chi connectivity index (χ0) is 21.4. The Balaban J connectivity index is 0.000000749. The third kappa shape index (κ3) is 13.2. The summed E-state index contributed by atoms with van der Waals surface area (Å²) in [6.45, 7) is 6.60. The Labute approximate surface area is 170 Å². The Bertz CT molecular complexity index is 447. The standard InChI is InChI=1S/C14H31NO5.C8H10/c1-2-3-4-5-6-7-8-15-9-11(17)13(19)14(20)12(18)10-16;1-7-3-5-8(2)6-4-7/h11-20H,2-10H2,1H3;3-6H,1-2H3/t11-,12+,13+,14+;/m0./s1. The number of nitrogens with one attached hydrogen (secondary N) is 1. The molecule has 0 aliphatic carbocycles. The van der Waals surface area contributed by atoms with Crippen LogP contribution in [0.15, 0.2) is 24.3 Å². The largest absolute Gasteiger partial charge is 0.394 e. The minimum absolute atomic E-state index is 0.144. The Hall–Kier alpha value is -1.02. The van der Waals surface area contributed by atoms with Crippen LogP contribution in [0.25, 0.3) is 0 Å². The quantitative estimate of drug-likeness (QED) is 0.281. The fourth-order valence-electron chi connectivity index (χ4n) is 2.60. The lowest BCUT2D eigenvalue weighted by molar-refractivity contribution is -0.113. The summed E-state index contributed by atoms with van der Waals surface area (Å²) < 4.78 is 0. The molecule has 0 unspecified atom stereocenters. The van der Waals surface area contributed by atoms with Crippen LogP contribution in [0.3, 0.4) is 0 Å². The number of aryl methyl sites for hydroxylation is 2. The first-order valence-electron chi connectivity index (χ1n) is 10.4. The molecule has 4 atom stereocenters. The highest BCUT2D eigenvalue weighted by molar-refractivity contribution is 5.19. The number of hydrogen-bond acceptors (Lipinski definition) is 6. The Morgan fingerprint density at radius 1 is 0.750 bits per heavy atom. The Morgan fingerprint density at radius 3 is 1.71 bits per heavy atom. The molecule has 164 valence electrons. The molecule has 28 heavy (non-hydrogen) atoms. The lowest BCUT2D eigenvalue weighted by Crippen LogP contribution is -2.49. The van der Waals surface area contributed by atoms with Crippen molar-refractivity contribution in [1.82, 2.24) is 5.32 Å². The number of hydrogen-bond donors (Lipinski definition) is 6. The van der Waals surface area contributed by atoms with Crippen LogP contribution in [0, 0.1) is 13.8 Å². The molecule has 0 saturated heterocycles. The second-order valence-electron chi connectivity index (χ2n) is 7.43. The van der Waals surface area contributed by atoms with Crippen LogP contribution < -0.4 is 5.32 Å². The SMILES string of the molecule is CCCCCCCCNC[C@H](O)[C@@H](O)[C@H](O)[C@H](O)CO.Cc1ccc(C)cc1. The summed E-state index contributed by atoms with van der Waals surface area (Å²) in [6.07, 6.45) is 1.45. The van der Waals surface area contributed by atoms with Crippen molar-refractivity contribution in [1.29, 1.82) is 0 Å². The molecule has 0 amide bonds. The van der Waals surface area contributed by atoms with Gasteiger partial charge in [0.2, 0.25) is 0 Å². The van der Waals surface area contributed by atoms with E-state index < -0.39 is 31.0 Å². The maximum absolute atomic E-state index is 9.64. The minimum atomic E-state index is -1.55. The normalized spacial score (nSPS) is 15.3. The van der Waals surface area contributed by atoms with E-state index in [-0.39, 0.29) is 6.54 Å².